The Kier molecular flexibility index (Phi) is 2.39. The predicted octanol–water partition coefficient (Wildman–Crippen LogP) is 1.78. The van der Waals surface area contributed by atoms with Gasteiger partial charge in [0.15, 0.2) is 0 Å². The van der Waals surface area contributed by atoms with Gasteiger partial charge in [-0.15, -0.1) is 16.4 Å². The van der Waals surface area contributed by atoms with Crippen LogP contribution in [0.1, 0.15) is 22.3 Å². The van der Waals surface area contributed by atoms with Crippen LogP contribution < -0.4 is 19.8 Å². The zero-order valence-electron chi connectivity index (χ0n) is 10.6. The van der Waals surface area contributed by atoms with E-state index in [9.17, 15) is 0 Å². The number of hydrogen-bond acceptors (Lipinski definition) is 0. The molecular weight excluding hydrogens is 266 g/mol. The Morgan fingerprint density at radius 2 is 1.26 bits per heavy atom. The fourth-order valence-electron chi connectivity index (χ4n) is 2.97. The van der Waals surface area contributed by atoms with E-state index in [1.807, 2.05) is 0 Å². The second-order valence-corrected chi connectivity index (χ2v) is 7.83. The van der Waals surface area contributed by atoms with Gasteiger partial charge in [0, 0.05) is 6.42 Å². The van der Waals surface area contributed by atoms with Crippen LogP contribution in [-0.2, 0) is 6.42 Å². The van der Waals surface area contributed by atoms with Gasteiger partial charge in [0.25, 0.3) is 0 Å². The average molecular weight is 280 g/mol. The molecule has 2 aliphatic carbocycles. The minimum atomic E-state index is 0.761. The lowest BCUT2D eigenvalue weighted by atomic mass is 10.0. The van der Waals surface area contributed by atoms with Crippen molar-refractivity contribution in [3.8, 4) is 0 Å². The third-order valence-corrected chi connectivity index (χ3v) is 6.55. The van der Waals surface area contributed by atoms with E-state index < -0.39 is 0 Å². The zero-order chi connectivity index (χ0) is 13.0. The van der Waals surface area contributed by atoms with Gasteiger partial charge in [0.2, 0.25) is 0 Å². The van der Waals surface area contributed by atoms with Crippen LogP contribution in [0.2, 0.25) is 0 Å². The van der Waals surface area contributed by atoms with Gasteiger partial charge in [-0.05, 0) is 42.1 Å². The van der Waals surface area contributed by atoms with Crippen LogP contribution in [0, 0.1) is 0 Å². The van der Waals surface area contributed by atoms with Crippen LogP contribution in [0.5, 0.6) is 0 Å². The molecule has 0 saturated carbocycles. The van der Waals surface area contributed by atoms with Crippen LogP contribution in [0.15, 0.2) is 12.2 Å². The third-order valence-electron chi connectivity index (χ3n) is 3.94. The summed E-state index contributed by atoms with van der Waals surface area (Å²) in [7, 11) is 1.52. The summed E-state index contributed by atoms with van der Waals surface area (Å²) in [6.45, 7) is 8.54. The Bertz CT molecular complexity index is 882. The minimum absolute atomic E-state index is 0.761. The first-order valence-corrected chi connectivity index (χ1v) is 8.40. The molecule has 2 heteroatoms. The fraction of sp³-hybridized carbons (Fsp3) is 0.0588. The van der Waals surface area contributed by atoms with Crippen molar-refractivity contribution in [1.82, 2.24) is 0 Å². The van der Waals surface area contributed by atoms with Crippen LogP contribution >= 0.6 is 16.4 Å². The van der Waals surface area contributed by atoms with E-state index in [0.29, 0.717) is 0 Å². The summed E-state index contributed by atoms with van der Waals surface area (Å²) in [6, 6.07) is 0. The maximum absolute atomic E-state index is 4.27. The third kappa shape index (κ3) is 1.61. The summed E-state index contributed by atoms with van der Waals surface area (Å²) < 4.78 is 0. The standard InChI is InChI=1S/C17H14P2/c1-10-14(12-5-3-7-16(12)18-10)9-15-11(2)19-17-8-4-6-13(15)17/h3-8,18-19H,1-2,9H2. The molecule has 2 aliphatic rings. The smallest absolute Gasteiger partial charge is 0.000465 e. The Morgan fingerprint density at radius 3 is 1.74 bits per heavy atom. The lowest BCUT2D eigenvalue weighted by Gasteiger charge is -2.02. The molecule has 2 aromatic rings. The van der Waals surface area contributed by atoms with E-state index in [2.05, 4.69) is 49.6 Å². The van der Waals surface area contributed by atoms with Gasteiger partial charge >= 0.3 is 0 Å². The monoisotopic (exact) mass is 280 g/mol. The van der Waals surface area contributed by atoms with Crippen molar-refractivity contribution >= 4 is 53.8 Å². The second-order valence-electron chi connectivity index (χ2n) is 5.05. The van der Waals surface area contributed by atoms with Gasteiger partial charge in [0.1, 0.15) is 0 Å². The first-order valence-electron chi connectivity index (χ1n) is 6.40. The Hall–Kier alpha value is -1.48. The summed E-state index contributed by atoms with van der Waals surface area (Å²) >= 11 is 0. The quantitative estimate of drug-likeness (QED) is 0.786. The normalized spacial score (nSPS) is 15.2. The Morgan fingerprint density at radius 1 is 0.789 bits per heavy atom. The molecule has 0 N–H and O–H groups in total. The summed E-state index contributed by atoms with van der Waals surface area (Å²) in [6.07, 6.45) is 14.3. The van der Waals surface area contributed by atoms with Crippen molar-refractivity contribution < 1.29 is 0 Å². The number of allylic oxidation sites excluding steroid dienone is 2. The molecule has 2 unspecified atom stereocenters. The van der Waals surface area contributed by atoms with Gasteiger partial charge in [-0.3, -0.25) is 0 Å². The van der Waals surface area contributed by atoms with E-state index in [1.165, 1.54) is 42.1 Å². The van der Waals surface area contributed by atoms with Crippen molar-refractivity contribution in [3.05, 3.63) is 54.2 Å². The SMILES string of the molecule is C=c1[pH]c2c(c1Cc1c3c([pH]c1=C)=CC=C3)C=CC=2. The van der Waals surface area contributed by atoms with Crippen molar-refractivity contribution in [2.24, 2.45) is 0 Å². The maximum Gasteiger partial charge on any atom is 0.000465 e. The molecule has 4 rings (SSSR count). The summed E-state index contributed by atoms with van der Waals surface area (Å²) in [4.78, 5) is 5.56. The zero-order valence-corrected chi connectivity index (χ0v) is 12.6. The molecule has 0 spiro atoms. The number of rotatable bonds is 2. The molecule has 92 valence electrons. The first kappa shape index (κ1) is 11.4. The van der Waals surface area contributed by atoms with E-state index in [4.69, 9.17) is 0 Å². The van der Waals surface area contributed by atoms with E-state index in [-0.39, 0.29) is 0 Å². The van der Waals surface area contributed by atoms with Crippen LogP contribution in [0.25, 0.3) is 37.5 Å². The molecule has 0 amide bonds. The molecule has 0 aliphatic heterocycles. The molecule has 0 bridgehead atoms. The fourth-order valence-corrected chi connectivity index (χ4v) is 5.46. The lowest BCUT2D eigenvalue weighted by molar-refractivity contribution is 1.19. The molecule has 2 atom stereocenters. The van der Waals surface area contributed by atoms with Gasteiger partial charge in [0.05, 0.1) is 0 Å². The van der Waals surface area contributed by atoms with E-state index in [1.54, 1.807) is 0 Å². The van der Waals surface area contributed by atoms with Crippen molar-refractivity contribution in [2.45, 2.75) is 6.42 Å². The summed E-state index contributed by atoms with van der Waals surface area (Å²) in [5.41, 5.74) is 5.72. The van der Waals surface area contributed by atoms with Crippen molar-refractivity contribution in [2.75, 3.05) is 0 Å². The highest BCUT2D eigenvalue weighted by atomic mass is 31.0. The van der Waals surface area contributed by atoms with Crippen LogP contribution in [-0.4, -0.2) is 0 Å². The topological polar surface area (TPSA) is 0 Å². The molecule has 0 radical (unpaired) electrons. The minimum Gasteiger partial charge on any atom is -0.124 e. The highest BCUT2D eigenvalue weighted by molar-refractivity contribution is 7.28. The first-order chi connectivity index (χ1) is 9.24. The van der Waals surface area contributed by atoms with Crippen LogP contribution in [0.3, 0.4) is 0 Å². The number of fused-ring (bicyclic) bond motifs is 2. The van der Waals surface area contributed by atoms with E-state index >= 15 is 0 Å². The molecule has 0 saturated heterocycles. The Balaban J connectivity index is 1.91. The summed E-state index contributed by atoms with van der Waals surface area (Å²) in [5, 5.41) is 0. The van der Waals surface area contributed by atoms with Crippen molar-refractivity contribution in [3.63, 3.8) is 0 Å². The largest absolute Gasteiger partial charge is 0.124 e. The molecule has 2 heterocycles. The second kappa shape index (κ2) is 4.01. The van der Waals surface area contributed by atoms with Gasteiger partial charge in [-0.25, -0.2) is 0 Å². The predicted molar refractivity (Wildman–Crippen MR) is 91.2 cm³/mol. The molecule has 0 aromatic carbocycles. The molecule has 0 fully saturated rings. The molecule has 2 aromatic heterocycles. The van der Waals surface area contributed by atoms with E-state index in [0.717, 1.165) is 22.8 Å². The lowest BCUT2D eigenvalue weighted by Crippen LogP contribution is -2.08. The maximum atomic E-state index is 4.27. The molecular formula is C17H14P2. The summed E-state index contributed by atoms with van der Waals surface area (Å²) in [5.74, 6) is 0. The Labute approximate surface area is 115 Å². The average Bonchev–Trinajstić information content (AvgIpc) is 3.06. The highest BCUT2D eigenvalue weighted by Gasteiger charge is 2.13. The van der Waals surface area contributed by atoms with Crippen LogP contribution in [0.4, 0.5) is 0 Å². The van der Waals surface area contributed by atoms with Gasteiger partial charge in [-0.1, -0.05) is 49.6 Å². The van der Waals surface area contributed by atoms with Crippen molar-refractivity contribution in [1.29, 1.82) is 0 Å². The van der Waals surface area contributed by atoms with Gasteiger partial charge in [-0.2, -0.15) is 0 Å². The number of hydrogen-bond donors (Lipinski definition) is 0. The molecule has 0 nitrogen and oxygen atoms in total. The highest BCUT2D eigenvalue weighted by Crippen LogP contribution is 2.19. The molecule has 19 heavy (non-hydrogen) atoms. The van der Waals surface area contributed by atoms with Gasteiger partial charge < -0.3 is 0 Å².